The van der Waals surface area contributed by atoms with Crippen molar-refractivity contribution in [2.45, 2.75) is 25.8 Å². The van der Waals surface area contributed by atoms with Crippen molar-refractivity contribution < 1.29 is 9.59 Å². The maximum atomic E-state index is 10.9. The van der Waals surface area contributed by atoms with Crippen LogP contribution in [-0.4, -0.2) is 28.5 Å². The van der Waals surface area contributed by atoms with Gasteiger partial charge in [-0.05, 0) is 12.8 Å². The Morgan fingerprint density at radius 3 is 2.55 bits per heavy atom. The summed E-state index contributed by atoms with van der Waals surface area (Å²) in [6.45, 7) is 2.18. The first kappa shape index (κ1) is 8.59. The van der Waals surface area contributed by atoms with Gasteiger partial charge in [0.25, 0.3) is 0 Å². The van der Waals surface area contributed by atoms with Crippen LogP contribution in [0, 0.1) is 0 Å². The van der Waals surface area contributed by atoms with Gasteiger partial charge in [-0.15, -0.1) is 12.6 Å². The van der Waals surface area contributed by atoms with Crippen molar-refractivity contribution in [3.63, 3.8) is 0 Å². The Balaban J connectivity index is 2.65. The van der Waals surface area contributed by atoms with Gasteiger partial charge in [0.2, 0.25) is 11.0 Å². The molecule has 0 aromatic rings. The maximum absolute atomic E-state index is 10.9. The highest BCUT2D eigenvalue weighted by Crippen LogP contribution is 2.18. The van der Waals surface area contributed by atoms with Gasteiger partial charge in [0.15, 0.2) is 0 Å². The van der Waals surface area contributed by atoms with Gasteiger partial charge in [0, 0.05) is 13.5 Å². The molecule has 1 aliphatic heterocycles. The summed E-state index contributed by atoms with van der Waals surface area (Å²) in [6.07, 6.45) is 1.68. The Hall–Kier alpha value is -0.510. The van der Waals surface area contributed by atoms with Gasteiger partial charge in [0.05, 0.1) is 0 Å². The lowest BCUT2D eigenvalue weighted by molar-refractivity contribution is -0.133. The third-order valence-corrected chi connectivity index (χ3v) is 2.24. The van der Waals surface area contributed by atoms with E-state index in [1.807, 2.05) is 0 Å². The number of amides is 1. The van der Waals surface area contributed by atoms with Crippen LogP contribution in [0.5, 0.6) is 0 Å². The molecule has 0 unspecified atom stereocenters. The van der Waals surface area contributed by atoms with E-state index in [1.165, 1.54) is 6.92 Å². The molecule has 0 bridgehead atoms. The maximum Gasteiger partial charge on any atom is 0.220 e. The van der Waals surface area contributed by atoms with Crippen LogP contribution in [0.4, 0.5) is 0 Å². The smallest absolute Gasteiger partial charge is 0.220 e. The van der Waals surface area contributed by atoms with E-state index in [4.69, 9.17) is 0 Å². The first-order valence-corrected chi connectivity index (χ1v) is 4.07. The predicted octanol–water partition coefficient (Wildman–Crippen LogP) is 0.454. The number of hydrogen-bond acceptors (Lipinski definition) is 2. The van der Waals surface area contributed by atoms with Crippen molar-refractivity contribution in [3.05, 3.63) is 0 Å². The van der Waals surface area contributed by atoms with Gasteiger partial charge in [-0.25, -0.2) is 0 Å². The van der Waals surface area contributed by atoms with Crippen LogP contribution in [0.15, 0.2) is 0 Å². The molecule has 62 valence electrons. The number of hydrogen-bond donors (Lipinski definition) is 1. The second-order valence-corrected chi connectivity index (χ2v) is 3.15. The molecule has 1 aliphatic rings. The van der Waals surface area contributed by atoms with Crippen molar-refractivity contribution >= 4 is 23.7 Å². The highest BCUT2D eigenvalue weighted by molar-refractivity contribution is 7.96. The molecule has 1 saturated heterocycles. The molecule has 1 rings (SSSR count). The quantitative estimate of drug-likeness (QED) is 0.585. The first-order chi connectivity index (χ1) is 5.13. The Morgan fingerprint density at radius 2 is 2.18 bits per heavy atom. The predicted molar refractivity (Wildman–Crippen MR) is 44.4 cm³/mol. The molecule has 3 nitrogen and oxygen atoms in total. The summed E-state index contributed by atoms with van der Waals surface area (Å²) in [5, 5.41) is -0.197. The highest BCUT2D eigenvalue weighted by Gasteiger charge is 2.30. The van der Waals surface area contributed by atoms with E-state index in [2.05, 4.69) is 12.6 Å². The molecule has 0 N–H and O–H groups in total. The van der Waals surface area contributed by atoms with Gasteiger partial charge >= 0.3 is 0 Å². The van der Waals surface area contributed by atoms with Crippen LogP contribution in [0.3, 0.4) is 0 Å². The van der Waals surface area contributed by atoms with Crippen LogP contribution in [0.25, 0.3) is 0 Å². The van der Waals surface area contributed by atoms with Gasteiger partial charge in [-0.1, -0.05) is 0 Å². The number of nitrogens with zero attached hydrogens (tertiary/aromatic N) is 1. The zero-order valence-corrected chi connectivity index (χ0v) is 7.30. The molecule has 4 heteroatoms. The van der Waals surface area contributed by atoms with E-state index in [9.17, 15) is 9.59 Å². The van der Waals surface area contributed by atoms with E-state index in [0.29, 0.717) is 6.54 Å². The van der Waals surface area contributed by atoms with Gasteiger partial charge in [-0.3, -0.25) is 9.59 Å². The Morgan fingerprint density at radius 1 is 1.55 bits per heavy atom. The van der Waals surface area contributed by atoms with E-state index in [0.717, 1.165) is 12.8 Å². The lowest BCUT2D eigenvalue weighted by atomic mass is 10.2. The summed E-state index contributed by atoms with van der Waals surface area (Å²) in [6, 6.07) is -0.268. The van der Waals surface area contributed by atoms with Crippen LogP contribution >= 0.6 is 12.6 Å². The van der Waals surface area contributed by atoms with Crippen LogP contribution < -0.4 is 0 Å². The number of thiol groups is 1. The van der Waals surface area contributed by atoms with Gasteiger partial charge in [0.1, 0.15) is 6.04 Å². The molecule has 1 amide bonds. The van der Waals surface area contributed by atoms with Gasteiger partial charge < -0.3 is 4.90 Å². The molecule has 0 aromatic heterocycles. The fourth-order valence-corrected chi connectivity index (χ4v) is 1.67. The van der Waals surface area contributed by atoms with E-state index < -0.39 is 0 Å². The largest absolute Gasteiger partial charge is 0.332 e. The summed E-state index contributed by atoms with van der Waals surface area (Å²) >= 11 is 3.71. The summed E-state index contributed by atoms with van der Waals surface area (Å²) in [5.74, 6) is -0.0325. The SMILES string of the molecule is CC(=O)N1CCC[C@H]1C(=O)S. The van der Waals surface area contributed by atoms with Crippen molar-refractivity contribution in [3.8, 4) is 0 Å². The minimum absolute atomic E-state index is 0.0325. The number of carbonyl (C=O) groups is 2. The molecule has 11 heavy (non-hydrogen) atoms. The second-order valence-electron chi connectivity index (χ2n) is 2.71. The lowest BCUT2D eigenvalue weighted by Crippen LogP contribution is -2.37. The van der Waals surface area contributed by atoms with Crippen molar-refractivity contribution in [1.82, 2.24) is 4.90 Å². The third kappa shape index (κ3) is 1.74. The summed E-state index contributed by atoms with van der Waals surface area (Å²) in [5.41, 5.74) is 0. The van der Waals surface area contributed by atoms with Crippen molar-refractivity contribution in [2.24, 2.45) is 0 Å². The molecule has 0 aromatic carbocycles. The zero-order chi connectivity index (χ0) is 8.43. The average Bonchev–Trinajstić information content (AvgIpc) is 2.32. The second kappa shape index (κ2) is 3.26. The average molecular weight is 173 g/mol. The van der Waals surface area contributed by atoms with Gasteiger partial charge in [-0.2, -0.15) is 0 Å². The minimum atomic E-state index is -0.268. The number of rotatable bonds is 1. The fraction of sp³-hybridized carbons (Fsp3) is 0.714. The zero-order valence-electron chi connectivity index (χ0n) is 6.41. The first-order valence-electron chi connectivity index (χ1n) is 3.63. The van der Waals surface area contributed by atoms with E-state index in [1.54, 1.807) is 4.90 Å². The molecule has 0 radical (unpaired) electrons. The Labute approximate surface area is 71.2 Å². The Kier molecular flexibility index (Phi) is 2.54. The van der Waals surface area contributed by atoms with Crippen LogP contribution in [0.2, 0.25) is 0 Å². The van der Waals surface area contributed by atoms with Crippen LogP contribution in [0.1, 0.15) is 19.8 Å². The molecule has 0 spiro atoms. The molecule has 1 fully saturated rings. The molecule has 1 heterocycles. The third-order valence-electron chi connectivity index (χ3n) is 1.94. The fourth-order valence-electron chi connectivity index (χ4n) is 1.40. The number of likely N-dealkylation sites (tertiary alicyclic amines) is 1. The lowest BCUT2D eigenvalue weighted by Gasteiger charge is -2.19. The van der Waals surface area contributed by atoms with Crippen LogP contribution in [-0.2, 0) is 9.59 Å². The summed E-state index contributed by atoms with van der Waals surface area (Å²) in [4.78, 5) is 23.3. The molecule has 1 atom stereocenters. The monoisotopic (exact) mass is 173 g/mol. The topological polar surface area (TPSA) is 37.4 Å². The molecule has 0 aliphatic carbocycles. The summed E-state index contributed by atoms with van der Waals surface area (Å²) < 4.78 is 0. The van der Waals surface area contributed by atoms with E-state index in [-0.39, 0.29) is 17.1 Å². The standard InChI is InChI=1S/C7H11NO2S/c1-5(9)8-4-2-3-6(8)7(10)11/h6H,2-4H2,1H3,(H,10,11)/t6-/m0/s1. The summed E-state index contributed by atoms with van der Waals surface area (Å²) in [7, 11) is 0. The minimum Gasteiger partial charge on any atom is -0.332 e. The van der Waals surface area contributed by atoms with E-state index >= 15 is 0 Å². The Bertz CT molecular complexity index is 173. The number of carbonyl (C=O) groups excluding carboxylic acids is 2. The highest BCUT2D eigenvalue weighted by atomic mass is 32.1. The normalized spacial score (nSPS) is 23.8. The van der Waals surface area contributed by atoms with Crippen molar-refractivity contribution in [1.29, 1.82) is 0 Å². The molecule has 0 saturated carbocycles. The molecular weight excluding hydrogens is 162 g/mol. The molecular formula is C7H11NO2S. The van der Waals surface area contributed by atoms with Crippen molar-refractivity contribution in [2.75, 3.05) is 6.54 Å².